The smallest absolute Gasteiger partial charge is 0.301 e. The molecule has 0 aliphatic carbocycles. The number of rotatable bonds is 11. The van der Waals surface area contributed by atoms with Crippen LogP contribution in [0.25, 0.3) is 33.5 Å². The Labute approximate surface area is 265 Å². The van der Waals surface area contributed by atoms with Crippen LogP contribution in [0.3, 0.4) is 0 Å². The first-order chi connectivity index (χ1) is 20.9. The van der Waals surface area contributed by atoms with Crippen LogP contribution < -0.4 is 4.74 Å². The van der Waals surface area contributed by atoms with Crippen molar-refractivity contribution in [1.29, 1.82) is 0 Å². The predicted molar refractivity (Wildman–Crippen MR) is 176 cm³/mol. The van der Waals surface area contributed by atoms with Crippen LogP contribution in [0.2, 0.25) is 30.7 Å². The van der Waals surface area contributed by atoms with Crippen molar-refractivity contribution in [2.75, 3.05) is 19.8 Å². The summed E-state index contributed by atoms with van der Waals surface area (Å²) in [6.07, 6.45) is -0.110. The number of fused-ring (bicyclic) bond motifs is 2. The Balaban J connectivity index is 1.28. The van der Waals surface area contributed by atoms with Gasteiger partial charge in [-0.1, -0.05) is 85.8 Å². The third kappa shape index (κ3) is 7.03. The predicted octanol–water partition coefficient (Wildman–Crippen LogP) is 7.05. The highest BCUT2D eigenvalue weighted by Crippen LogP contribution is 2.38. The number of aromatic nitrogens is 3. The standard InChI is InChI=1S/C34H42ClN3O5Si/c1-34(2,39)18-25-19-41-31-28(20-42-30(25)31)43-33-37-32-27(38(33)21-40-15-16-44(3,4)5)17-26(35)29(36-32)24-13-11-23(12-14-24)22-9-7-6-8-10-22/h6-14,17,25,28,30-31,39H,15-16,18-21H2,1-5H3/t25?,28-,30-,31-/m1/s1. The fourth-order valence-corrected chi connectivity index (χ4v) is 7.01. The van der Waals surface area contributed by atoms with Crippen molar-refractivity contribution in [1.82, 2.24) is 14.5 Å². The first kappa shape index (κ1) is 31.2. The molecule has 2 fully saturated rings. The molecule has 0 radical (unpaired) electrons. The van der Waals surface area contributed by atoms with Crippen LogP contribution in [0.5, 0.6) is 6.01 Å². The molecular weight excluding hydrogens is 594 g/mol. The third-order valence-corrected chi connectivity index (χ3v) is 10.3. The van der Waals surface area contributed by atoms with E-state index in [1.807, 2.05) is 54.8 Å². The van der Waals surface area contributed by atoms with Crippen LogP contribution in [0.15, 0.2) is 60.7 Å². The number of halogens is 1. The summed E-state index contributed by atoms with van der Waals surface area (Å²) in [5, 5.41) is 10.9. The van der Waals surface area contributed by atoms with Gasteiger partial charge in [-0.3, -0.25) is 4.57 Å². The van der Waals surface area contributed by atoms with Gasteiger partial charge >= 0.3 is 6.01 Å². The average Bonchev–Trinajstić information content (AvgIpc) is 3.65. The Morgan fingerprint density at radius 2 is 1.64 bits per heavy atom. The molecule has 0 spiro atoms. The number of ether oxygens (including phenoxy) is 4. The van der Waals surface area contributed by atoms with Gasteiger partial charge in [0.1, 0.15) is 12.8 Å². The molecule has 0 amide bonds. The zero-order chi connectivity index (χ0) is 31.1. The molecule has 234 valence electrons. The molecule has 2 aromatic carbocycles. The van der Waals surface area contributed by atoms with Gasteiger partial charge in [0.25, 0.3) is 0 Å². The molecule has 10 heteroatoms. The Morgan fingerprint density at radius 3 is 2.34 bits per heavy atom. The molecule has 2 aliphatic heterocycles. The molecule has 44 heavy (non-hydrogen) atoms. The van der Waals surface area contributed by atoms with Crippen molar-refractivity contribution in [2.45, 2.75) is 76.6 Å². The number of benzene rings is 2. The van der Waals surface area contributed by atoms with Crippen LogP contribution in [-0.4, -0.2) is 71.4 Å². The van der Waals surface area contributed by atoms with Crippen LogP contribution in [0.4, 0.5) is 0 Å². The van der Waals surface area contributed by atoms with Crippen LogP contribution in [0, 0.1) is 5.92 Å². The minimum absolute atomic E-state index is 0.105. The highest BCUT2D eigenvalue weighted by Gasteiger charge is 2.50. The van der Waals surface area contributed by atoms with Crippen molar-refractivity contribution in [3.05, 3.63) is 65.7 Å². The van der Waals surface area contributed by atoms with Crippen LogP contribution in [0.1, 0.15) is 20.3 Å². The first-order valence-electron chi connectivity index (χ1n) is 15.4. The van der Waals surface area contributed by atoms with Gasteiger partial charge in [0.05, 0.1) is 41.2 Å². The first-order valence-corrected chi connectivity index (χ1v) is 19.5. The zero-order valence-corrected chi connectivity index (χ0v) is 27.9. The molecule has 0 saturated carbocycles. The van der Waals surface area contributed by atoms with Gasteiger partial charge in [-0.25, -0.2) is 4.98 Å². The molecule has 1 unspecified atom stereocenters. The van der Waals surface area contributed by atoms with E-state index in [2.05, 4.69) is 43.9 Å². The minimum Gasteiger partial charge on any atom is -0.456 e. The molecule has 4 heterocycles. The second-order valence-electron chi connectivity index (χ2n) is 13.8. The summed E-state index contributed by atoms with van der Waals surface area (Å²) in [5.74, 6) is 0.105. The average molecular weight is 636 g/mol. The summed E-state index contributed by atoms with van der Waals surface area (Å²) in [5.41, 5.74) is 4.32. The van der Waals surface area contributed by atoms with Gasteiger partial charge < -0.3 is 24.1 Å². The molecule has 2 aromatic heterocycles. The summed E-state index contributed by atoms with van der Waals surface area (Å²) in [6.45, 7) is 12.5. The lowest BCUT2D eigenvalue weighted by atomic mass is 9.89. The van der Waals surface area contributed by atoms with Crippen molar-refractivity contribution in [3.8, 4) is 28.4 Å². The monoisotopic (exact) mass is 635 g/mol. The van der Waals surface area contributed by atoms with Gasteiger partial charge in [-0.2, -0.15) is 4.98 Å². The Morgan fingerprint density at radius 1 is 0.955 bits per heavy atom. The summed E-state index contributed by atoms with van der Waals surface area (Å²) in [7, 11) is -1.26. The molecule has 8 nitrogen and oxygen atoms in total. The Kier molecular flexibility index (Phi) is 8.89. The highest BCUT2D eigenvalue weighted by molar-refractivity contribution is 6.76. The maximum Gasteiger partial charge on any atom is 0.301 e. The van der Waals surface area contributed by atoms with Crippen molar-refractivity contribution >= 4 is 30.8 Å². The van der Waals surface area contributed by atoms with E-state index in [1.165, 1.54) is 0 Å². The molecule has 4 atom stereocenters. The summed E-state index contributed by atoms with van der Waals surface area (Å²) >= 11 is 6.87. The molecular formula is C34H42ClN3O5Si. The largest absolute Gasteiger partial charge is 0.456 e. The topological polar surface area (TPSA) is 87.9 Å². The molecule has 2 saturated heterocycles. The van der Waals surface area contributed by atoms with E-state index in [-0.39, 0.29) is 31.0 Å². The molecule has 6 rings (SSSR count). The van der Waals surface area contributed by atoms with Gasteiger partial charge in [0.2, 0.25) is 0 Å². The number of aliphatic hydroxyl groups is 1. The minimum atomic E-state index is -1.26. The van der Waals surface area contributed by atoms with Crippen LogP contribution in [-0.2, 0) is 20.9 Å². The van der Waals surface area contributed by atoms with E-state index in [4.69, 9.17) is 40.5 Å². The van der Waals surface area contributed by atoms with Gasteiger partial charge in [-0.05, 0) is 43.5 Å². The molecule has 1 N–H and O–H groups in total. The lowest BCUT2D eigenvalue weighted by Crippen LogP contribution is -2.35. The summed E-state index contributed by atoms with van der Waals surface area (Å²) in [4.78, 5) is 9.74. The number of imidazole rings is 1. The van der Waals surface area contributed by atoms with E-state index >= 15 is 0 Å². The van der Waals surface area contributed by atoms with E-state index in [0.717, 1.165) is 28.3 Å². The van der Waals surface area contributed by atoms with Crippen molar-refractivity contribution < 1.29 is 24.1 Å². The quantitative estimate of drug-likeness (QED) is 0.140. The molecule has 0 bridgehead atoms. The lowest BCUT2D eigenvalue weighted by Gasteiger charge is -2.24. The Hall–Kier alpha value is -2.79. The maximum absolute atomic E-state index is 10.4. The second kappa shape index (κ2) is 12.5. The fraction of sp³-hybridized carbons (Fsp3) is 0.471. The Bertz CT molecular complexity index is 1580. The van der Waals surface area contributed by atoms with E-state index in [9.17, 15) is 5.11 Å². The van der Waals surface area contributed by atoms with Gasteiger partial charge in [0.15, 0.2) is 11.8 Å². The highest BCUT2D eigenvalue weighted by atomic mass is 35.5. The zero-order valence-electron chi connectivity index (χ0n) is 26.1. The number of hydrogen-bond acceptors (Lipinski definition) is 7. The van der Waals surface area contributed by atoms with Crippen molar-refractivity contribution in [2.24, 2.45) is 5.92 Å². The van der Waals surface area contributed by atoms with Gasteiger partial charge in [0, 0.05) is 26.2 Å². The lowest BCUT2D eigenvalue weighted by molar-refractivity contribution is 0.00397. The maximum atomic E-state index is 10.4. The van der Waals surface area contributed by atoms with E-state index in [0.29, 0.717) is 48.6 Å². The number of pyridine rings is 1. The molecule has 4 aromatic rings. The van der Waals surface area contributed by atoms with Crippen LogP contribution >= 0.6 is 11.6 Å². The summed E-state index contributed by atoms with van der Waals surface area (Å²) < 4.78 is 26.9. The second-order valence-corrected chi connectivity index (χ2v) is 19.8. The van der Waals surface area contributed by atoms with Crippen molar-refractivity contribution in [3.63, 3.8) is 0 Å². The summed E-state index contributed by atoms with van der Waals surface area (Å²) in [6, 6.07) is 21.8. The third-order valence-electron chi connectivity index (χ3n) is 8.27. The number of nitrogens with zero attached hydrogens (tertiary/aromatic N) is 3. The normalized spacial score (nSPS) is 22.1. The number of hydrogen-bond donors (Lipinski definition) is 1. The SMILES string of the molecule is CC(C)(O)CC1CO[C@H]2[C@@H]1OC[C@H]2Oc1nc2nc(-c3ccc(-c4ccccc4)cc3)c(Cl)cc2n1COCC[Si](C)(C)C. The van der Waals surface area contributed by atoms with E-state index < -0.39 is 13.7 Å². The van der Waals surface area contributed by atoms with E-state index in [1.54, 1.807) is 0 Å². The van der Waals surface area contributed by atoms with Gasteiger partial charge in [-0.15, -0.1) is 0 Å². The fourth-order valence-electron chi connectivity index (χ4n) is 6.00. The molecule has 2 aliphatic rings.